The van der Waals surface area contributed by atoms with Crippen molar-refractivity contribution in [3.63, 3.8) is 0 Å². The normalized spacial score (nSPS) is 10.2. The number of nitrogens with two attached hydrogens (primary N) is 1. The third-order valence-electron chi connectivity index (χ3n) is 2.69. The van der Waals surface area contributed by atoms with Gasteiger partial charge in [-0.25, -0.2) is 0 Å². The maximum Gasteiger partial charge on any atom is 0.255 e. The van der Waals surface area contributed by atoms with Crippen LogP contribution in [-0.2, 0) is 0 Å². The first-order chi connectivity index (χ1) is 9.52. The molecule has 0 atom stereocenters. The van der Waals surface area contributed by atoms with E-state index in [2.05, 4.69) is 5.32 Å². The van der Waals surface area contributed by atoms with Crippen molar-refractivity contribution in [1.29, 1.82) is 0 Å². The van der Waals surface area contributed by atoms with E-state index < -0.39 is 0 Å². The van der Waals surface area contributed by atoms with Crippen LogP contribution in [0.15, 0.2) is 36.4 Å². The fraction of sp³-hybridized carbons (Fsp3) is 0.0714. The molecule has 2 rings (SSSR count). The number of hydrogen-bond acceptors (Lipinski definition) is 3. The molecule has 20 heavy (non-hydrogen) atoms. The molecule has 0 bridgehead atoms. The zero-order valence-electron chi connectivity index (χ0n) is 10.6. The van der Waals surface area contributed by atoms with Crippen LogP contribution in [-0.4, -0.2) is 13.0 Å². The Balaban J connectivity index is 2.24. The summed E-state index contributed by atoms with van der Waals surface area (Å²) in [4.78, 5) is 12.1. The van der Waals surface area contributed by atoms with Gasteiger partial charge in [0.2, 0.25) is 0 Å². The van der Waals surface area contributed by atoms with Gasteiger partial charge in [-0.05, 0) is 30.3 Å². The van der Waals surface area contributed by atoms with Crippen LogP contribution in [0.5, 0.6) is 5.75 Å². The van der Waals surface area contributed by atoms with E-state index in [1.54, 1.807) is 30.3 Å². The summed E-state index contributed by atoms with van der Waals surface area (Å²) >= 11 is 11.9. The number of amides is 1. The van der Waals surface area contributed by atoms with Gasteiger partial charge in [-0.1, -0.05) is 29.3 Å². The number of halogens is 2. The molecule has 0 saturated carbocycles. The molecule has 3 N–H and O–H groups in total. The smallest absolute Gasteiger partial charge is 0.255 e. The van der Waals surface area contributed by atoms with Gasteiger partial charge < -0.3 is 15.8 Å². The Morgan fingerprint density at radius 2 is 2.00 bits per heavy atom. The lowest BCUT2D eigenvalue weighted by Gasteiger charge is -2.10. The summed E-state index contributed by atoms with van der Waals surface area (Å²) in [6, 6.07) is 9.79. The van der Waals surface area contributed by atoms with Crippen molar-refractivity contribution in [3.8, 4) is 5.75 Å². The quantitative estimate of drug-likeness (QED) is 0.847. The van der Waals surface area contributed by atoms with Crippen molar-refractivity contribution in [3.05, 3.63) is 52.0 Å². The van der Waals surface area contributed by atoms with E-state index in [-0.39, 0.29) is 5.91 Å². The summed E-state index contributed by atoms with van der Waals surface area (Å²) in [6.45, 7) is 0. The van der Waals surface area contributed by atoms with Crippen LogP contribution in [0.1, 0.15) is 10.4 Å². The van der Waals surface area contributed by atoms with Gasteiger partial charge in [-0.3, -0.25) is 4.79 Å². The van der Waals surface area contributed by atoms with Crippen molar-refractivity contribution in [2.24, 2.45) is 0 Å². The van der Waals surface area contributed by atoms with Crippen molar-refractivity contribution in [2.45, 2.75) is 0 Å². The predicted octanol–water partition coefficient (Wildman–Crippen LogP) is 3.84. The molecule has 0 aromatic heterocycles. The Morgan fingerprint density at radius 1 is 1.25 bits per heavy atom. The van der Waals surface area contributed by atoms with Crippen LogP contribution in [0.3, 0.4) is 0 Å². The lowest BCUT2D eigenvalue weighted by atomic mass is 10.1. The number of ether oxygens (including phenoxy) is 1. The maximum absolute atomic E-state index is 12.1. The summed E-state index contributed by atoms with van der Waals surface area (Å²) in [5.74, 6) is 0.186. The molecule has 4 nitrogen and oxygen atoms in total. The highest BCUT2D eigenvalue weighted by molar-refractivity contribution is 6.44. The second-order valence-electron chi connectivity index (χ2n) is 4.01. The SMILES string of the molecule is COc1ccc(C(=O)Nc2cccc(Cl)c2Cl)cc1N. The number of nitrogen functional groups attached to an aromatic ring is 1. The highest BCUT2D eigenvalue weighted by Gasteiger charge is 2.11. The third-order valence-corrected chi connectivity index (χ3v) is 3.51. The number of methoxy groups -OCH3 is 1. The van der Waals surface area contributed by atoms with E-state index in [4.69, 9.17) is 33.7 Å². The average Bonchev–Trinajstić information content (AvgIpc) is 2.43. The van der Waals surface area contributed by atoms with Gasteiger partial charge in [0.1, 0.15) is 5.75 Å². The minimum atomic E-state index is -0.330. The summed E-state index contributed by atoms with van der Waals surface area (Å²) in [6.07, 6.45) is 0. The number of carbonyl (C=O) groups excluding carboxylic acids is 1. The Hall–Kier alpha value is -1.91. The molecule has 0 unspecified atom stereocenters. The molecule has 0 aliphatic rings. The molecule has 2 aromatic rings. The van der Waals surface area contributed by atoms with Crippen LogP contribution >= 0.6 is 23.2 Å². The number of nitrogens with one attached hydrogen (secondary N) is 1. The first-order valence-corrected chi connectivity index (χ1v) is 6.47. The zero-order chi connectivity index (χ0) is 14.7. The fourth-order valence-corrected chi connectivity index (χ4v) is 2.02. The summed E-state index contributed by atoms with van der Waals surface area (Å²) in [7, 11) is 1.51. The first kappa shape index (κ1) is 14.5. The van der Waals surface area contributed by atoms with Crippen molar-refractivity contribution < 1.29 is 9.53 Å². The molecule has 0 heterocycles. The van der Waals surface area contributed by atoms with Crippen LogP contribution < -0.4 is 15.8 Å². The van der Waals surface area contributed by atoms with E-state index >= 15 is 0 Å². The Morgan fingerprint density at radius 3 is 2.65 bits per heavy atom. The third kappa shape index (κ3) is 2.98. The van der Waals surface area contributed by atoms with Gasteiger partial charge in [-0.15, -0.1) is 0 Å². The minimum absolute atomic E-state index is 0.295. The molecule has 0 radical (unpaired) electrons. The standard InChI is InChI=1S/C14H12Cl2N2O2/c1-20-12-6-5-8(7-10(12)17)14(19)18-11-4-2-3-9(15)13(11)16/h2-7H,17H2,1H3,(H,18,19). The molecule has 6 heteroatoms. The zero-order valence-corrected chi connectivity index (χ0v) is 12.1. The van der Waals surface area contributed by atoms with Gasteiger partial charge in [0, 0.05) is 5.56 Å². The van der Waals surface area contributed by atoms with Crippen LogP contribution in [0.2, 0.25) is 10.0 Å². The number of benzene rings is 2. The van der Waals surface area contributed by atoms with E-state index in [1.165, 1.54) is 13.2 Å². The van der Waals surface area contributed by atoms with Gasteiger partial charge in [0.25, 0.3) is 5.91 Å². The Bertz CT molecular complexity index is 660. The molecule has 0 saturated heterocycles. The van der Waals surface area contributed by atoms with E-state index in [9.17, 15) is 4.79 Å². The highest BCUT2D eigenvalue weighted by Crippen LogP contribution is 2.30. The molecule has 2 aromatic carbocycles. The molecular formula is C14H12Cl2N2O2. The number of carbonyl (C=O) groups is 1. The average molecular weight is 311 g/mol. The first-order valence-electron chi connectivity index (χ1n) is 5.72. The monoisotopic (exact) mass is 310 g/mol. The lowest BCUT2D eigenvalue weighted by molar-refractivity contribution is 0.102. The highest BCUT2D eigenvalue weighted by atomic mass is 35.5. The lowest BCUT2D eigenvalue weighted by Crippen LogP contribution is -2.12. The van der Waals surface area contributed by atoms with Crippen LogP contribution in [0.25, 0.3) is 0 Å². The number of hydrogen-bond donors (Lipinski definition) is 2. The predicted molar refractivity (Wildman–Crippen MR) is 81.8 cm³/mol. The van der Waals surface area contributed by atoms with E-state index in [0.29, 0.717) is 32.7 Å². The number of anilines is 2. The van der Waals surface area contributed by atoms with Crippen molar-refractivity contribution in [1.82, 2.24) is 0 Å². The van der Waals surface area contributed by atoms with Gasteiger partial charge in [-0.2, -0.15) is 0 Å². The second-order valence-corrected chi connectivity index (χ2v) is 4.80. The Kier molecular flexibility index (Phi) is 4.37. The Labute approximate surface area is 126 Å². The molecule has 1 amide bonds. The molecular weight excluding hydrogens is 299 g/mol. The van der Waals surface area contributed by atoms with Crippen LogP contribution in [0, 0.1) is 0 Å². The largest absolute Gasteiger partial charge is 0.495 e. The fourth-order valence-electron chi connectivity index (χ4n) is 1.67. The minimum Gasteiger partial charge on any atom is -0.495 e. The van der Waals surface area contributed by atoms with Gasteiger partial charge in [0.15, 0.2) is 0 Å². The van der Waals surface area contributed by atoms with Gasteiger partial charge >= 0.3 is 0 Å². The van der Waals surface area contributed by atoms with E-state index in [1.807, 2.05) is 0 Å². The molecule has 0 aliphatic heterocycles. The van der Waals surface area contributed by atoms with E-state index in [0.717, 1.165) is 0 Å². The molecule has 0 spiro atoms. The maximum atomic E-state index is 12.1. The van der Waals surface area contributed by atoms with Gasteiger partial charge in [0.05, 0.1) is 28.5 Å². The summed E-state index contributed by atoms with van der Waals surface area (Å²) in [5, 5.41) is 3.35. The molecule has 0 aliphatic carbocycles. The molecule has 0 fully saturated rings. The summed E-state index contributed by atoms with van der Waals surface area (Å²) in [5.41, 5.74) is 7.00. The topological polar surface area (TPSA) is 64.3 Å². The molecule has 104 valence electrons. The second kappa shape index (κ2) is 6.03. The number of rotatable bonds is 3. The van der Waals surface area contributed by atoms with Crippen LogP contribution in [0.4, 0.5) is 11.4 Å². The van der Waals surface area contributed by atoms with Crippen molar-refractivity contribution in [2.75, 3.05) is 18.2 Å². The van der Waals surface area contributed by atoms with Crippen molar-refractivity contribution >= 4 is 40.5 Å². The summed E-state index contributed by atoms with van der Waals surface area (Å²) < 4.78 is 5.04.